The van der Waals surface area contributed by atoms with Gasteiger partial charge in [0.05, 0.1) is 5.69 Å². The number of fused-ring (bicyclic) bond motifs is 1. The highest BCUT2D eigenvalue weighted by Crippen LogP contribution is 2.43. The molecule has 0 amide bonds. The highest BCUT2D eigenvalue weighted by atomic mass is 19.2. The van der Waals surface area contributed by atoms with Crippen LogP contribution in [0.5, 0.6) is 0 Å². The third kappa shape index (κ3) is 2.86. The Morgan fingerprint density at radius 3 is 2.41 bits per heavy atom. The highest BCUT2D eigenvalue weighted by Gasteiger charge is 2.37. The van der Waals surface area contributed by atoms with E-state index in [0.29, 0.717) is 12.0 Å². The lowest BCUT2D eigenvalue weighted by atomic mass is 9.68. The van der Waals surface area contributed by atoms with Gasteiger partial charge < -0.3 is 0 Å². The van der Waals surface area contributed by atoms with Crippen LogP contribution < -0.4 is 0 Å². The minimum Gasteiger partial charge on any atom is -0.281 e. The monoisotopic (exact) mass is 385 g/mol. The van der Waals surface area contributed by atoms with Gasteiger partial charge in [0.1, 0.15) is 0 Å². The summed E-state index contributed by atoms with van der Waals surface area (Å²) in [5, 5.41) is 7.67. The molecule has 5 rings (SSSR count). The molecule has 3 nitrogen and oxygen atoms in total. The SMILES string of the molecule is Fc1ccc(C2(c3ccccc3)C=Cc3c(-c4ccncc4)n[nH]c3C2)cc1F. The number of nitrogens with zero attached hydrogens (tertiary/aromatic N) is 2. The average molecular weight is 385 g/mol. The van der Waals surface area contributed by atoms with Gasteiger partial charge >= 0.3 is 0 Å². The van der Waals surface area contributed by atoms with Gasteiger partial charge in [-0.1, -0.05) is 48.6 Å². The Morgan fingerprint density at radius 1 is 0.862 bits per heavy atom. The van der Waals surface area contributed by atoms with Crippen LogP contribution in [0.4, 0.5) is 8.78 Å². The fourth-order valence-electron chi connectivity index (χ4n) is 4.07. The molecule has 5 heteroatoms. The van der Waals surface area contributed by atoms with Crippen LogP contribution in [0, 0.1) is 11.6 Å². The van der Waals surface area contributed by atoms with Crippen molar-refractivity contribution in [2.45, 2.75) is 11.8 Å². The molecule has 1 unspecified atom stereocenters. The number of nitrogens with one attached hydrogen (secondary N) is 1. The molecule has 4 aromatic rings. The summed E-state index contributed by atoms with van der Waals surface area (Å²) in [7, 11) is 0. The lowest BCUT2D eigenvalue weighted by Gasteiger charge is -2.34. The third-order valence-electron chi connectivity index (χ3n) is 5.55. The molecule has 142 valence electrons. The van der Waals surface area contributed by atoms with Crippen molar-refractivity contribution in [2.24, 2.45) is 0 Å². The maximum Gasteiger partial charge on any atom is 0.159 e. The van der Waals surface area contributed by atoms with E-state index in [0.717, 1.165) is 28.1 Å². The van der Waals surface area contributed by atoms with Gasteiger partial charge in [-0.3, -0.25) is 10.1 Å². The number of allylic oxidation sites excluding steroid dienone is 1. The second kappa shape index (κ2) is 6.78. The summed E-state index contributed by atoms with van der Waals surface area (Å²) < 4.78 is 27.7. The van der Waals surface area contributed by atoms with Crippen molar-refractivity contribution >= 4 is 6.08 Å². The molecule has 1 aliphatic carbocycles. The number of rotatable bonds is 3. The molecule has 2 aromatic carbocycles. The first-order chi connectivity index (χ1) is 14.2. The zero-order chi connectivity index (χ0) is 19.8. The molecule has 1 atom stereocenters. The Balaban J connectivity index is 1.67. The van der Waals surface area contributed by atoms with Crippen LogP contribution >= 0.6 is 0 Å². The van der Waals surface area contributed by atoms with Gasteiger partial charge in [0, 0.05) is 41.1 Å². The average Bonchev–Trinajstić information content (AvgIpc) is 3.20. The fraction of sp³-hybridized carbons (Fsp3) is 0.0833. The van der Waals surface area contributed by atoms with Crippen LogP contribution in [0.2, 0.25) is 0 Å². The molecular weight excluding hydrogens is 368 g/mol. The lowest BCUT2D eigenvalue weighted by molar-refractivity contribution is 0.502. The Kier molecular flexibility index (Phi) is 4.09. The molecule has 2 aromatic heterocycles. The lowest BCUT2D eigenvalue weighted by Crippen LogP contribution is -2.30. The molecule has 1 aliphatic rings. The van der Waals surface area contributed by atoms with E-state index in [1.807, 2.05) is 48.5 Å². The summed E-state index contributed by atoms with van der Waals surface area (Å²) in [5.74, 6) is -1.70. The van der Waals surface area contributed by atoms with Crippen LogP contribution in [0.15, 0.2) is 79.1 Å². The number of H-pyrrole nitrogens is 1. The van der Waals surface area contributed by atoms with Crippen molar-refractivity contribution in [3.63, 3.8) is 0 Å². The molecule has 0 fully saturated rings. The highest BCUT2D eigenvalue weighted by molar-refractivity contribution is 5.76. The van der Waals surface area contributed by atoms with E-state index >= 15 is 0 Å². The van der Waals surface area contributed by atoms with Crippen LogP contribution in [-0.2, 0) is 11.8 Å². The first kappa shape index (κ1) is 17.5. The zero-order valence-electron chi connectivity index (χ0n) is 15.4. The Labute approximate surface area is 166 Å². The first-order valence-corrected chi connectivity index (χ1v) is 9.35. The number of pyridine rings is 1. The molecule has 1 N–H and O–H groups in total. The largest absolute Gasteiger partial charge is 0.281 e. The van der Waals surface area contributed by atoms with Gasteiger partial charge in [-0.25, -0.2) is 8.78 Å². The molecule has 0 spiro atoms. The third-order valence-corrected chi connectivity index (χ3v) is 5.55. The Morgan fingerprint density at radius 2 is 1.66 bits per heavy atom. The minimum atomic E-state index is -0.848. The van der Waals surface area contributed by atoms with Crippen LogP contribution in [-0.4, -0.2) is 15.2 Å². The number of aromatic nitrogens is 3. The van der Waals surface area contributed by atoms with E-state index in [1.165, 1.54) is 12.1 Å². The van der Waals surface area contributed by atoms with Gasteiger partial charge in [-0.15, -0.1) is 0 Å². The van der Waals surface area contributed by atoms with Crippen molar-refractivity contribution in [3.8, 4) is 11.3 Å². The van der Waals surface area contributed by atoms with Crippen molar-refractivity contribution in [1.82, 2.24) is 15.2 Å². The van der Waals surface area contributed by atoms with Gasteiger partial charge in [-0.05, 0) is 35.4 Å². The van der Waals surface area contributed by atoms with Gasteiger partial charge in [-0.2, -0.15) is 5.10 Å². The predicted octanol–water partition coefficient (Wildman–Crippen LogP) is 5.31. The van der Waals surface area contributed by atoms with Crippen LogP contribution in [0.3, 0.4) is 0 Å². The number of benzene rings is 2. The van der Waals surface area contributed by atoms with Crippen molar-refractivity contribution in [3.05, 3.63) is 113 Å². The number of aromatic amines is 1. The van der Waals surface area contributed by atoms with E-state index in [-0.39, 0.29) is 0 Å². The maximum absolute atomic E-state index is 14.1. The summed E-state index contributed by atoms with van der Waals surface area (Å²) in [6.07, 6.45) is 8.12. The standard InChI is InChI=1S/C24H17F2N3/c25-20-7-6-18(14-21(20)26)24(17-4-2-1-3-5-17)11-8-19-22(15-24)28-29-23(19)16-9-12-27-13-10-16/h1-14H,15H2,(H,28,29). The number of hydrogen-bond donors (Lipinski definition) is 1. The van der Waals surface area contributed by atoms with Crippen LogP contribution in [0.1, 0.15) is 22.4 Å². The second-order valence-corrected chi connectivity index (χ2v) is 7.18. The van der Waals surface area contributed by atoms with Gasteiger partial charge in [0.2, 0.25) is 0 Å². The summed E-state index contributed by atoms with van der Waals surface area (Å²) in [4.78, 5) is 4.06. The van der Waals surface area contributed by atoms with Crippen molar-refractivity contribution < 1.29 is 8.78 Å². The molecule has 2 heterocycles. The quantitative estimate of drug-likeness (QED) is 0.520. The van der Waals surface area contributed by atoms with E-state index in [2.05, 4.69) is 21.3 Å². The molecule has 0 aliphatic heterocycles. The minimum absolute atomic E-state index is 0.562. The van der Waals surface area contributed by atoms with Crippen LogP contribution in [0.25, 0.3) is 17.3 Å². The zero-order valence-corrected chi connectivity index (χ0v) is 15.4. The molecule has 0 radical (unpaired) electrons. The van der Waals surface area contributed by atoms with Gasteiger partial charge in [0.25, 0.3) is 0 Å². The van der Waals surface area contributed by atoms with E-state index in [1.54, 1.807) is 18.5 Å². The van der Waals surface area contributed by atoms with Crippen molar-refractivity contribution in [2.75, 3.05) is 0 Å². The van der Waals surface area contributed by atoms with E-state index in [9.17, 15) is 8.78 Å². The molecule has 0 bridgehead atoms. The summed E-state index contributed by atoms with van der Waals surface area (Å²) in [6, 6.07) is 17.8. The maximum atomic E-state index is 14.1. The predicted molar refractivity (Wildman–Crippen MR) is 108 cm³/mol. The molecule has 0 saturated carbocycles. The summed E-state index contributed by atoms with van der Waals surface area (Å²) >= 11 is 0. The van der Waals surface area contributed by atoms with Gasteiger partial charge in [0.15, 0.2) is 11.6 Å². The Bertz CT molecular complexity index is 1200. The Hall–Kier alpha value is -3.60. The molecular formula is C24H17F2N3. The molecule has 29 heavy (non-hydrogen) atoms. The smallest absolute Gasteiger partial charge is 0.159 e. The fourth-order valence-corrected chi connectivity index (χ4v) is 4.07. The normalized spacial score (nSPS) is 17.9. The number of halogens is 2. The van der Waals surface area contributed by atoms with Crippen molar-refractivity contribution in [1.29, 1.82) is 0 Å². The second-order valence-electron chi connectivity index (χ2n) is 7.18. The molecule has 0 saturated heterocycles. The summed E-state index contributed by atoms with van der Waals surface area (Å²) in [6.45, 7) is 0. The summed E-state index contributed by atoms with van der Waals surface area (Å²) in [5.41, 5.74) is 4.87. The number of hydrogen-bond acceptors (Lipinski definition) is 2. The first-order valence-electron chi connectivity index (χ1n) is 9.35. The van der Waals surface area contributed by atoms with E-state index < -0.39 is 17.0 Å². The van der Waals surface area contributed by atoms with E-state index in [4.69, 9.17) is 0 Å². The topological polar surface area (TPSA) is 41.6 Å².